The first-order valence-corrected chi connectivity index (χ1v) is 7.40. The van der Waals surface area contributed by atoms with Gasteiger partial charge in [0, 0.05) is 21.9 Å². The van der Waals surface area contributed by atoms with Crippen LogP contribution in [0.2, 0.25) is 0 Å². The lowest BCUT2D eigenvalue weighted by Gasteiger charge is -2.07. The first kappa shape index (κ1) is 15.2. The summed E-state index contributed by atoms with van der Waals surface area (Å²) in [6, 6.07) is 14.6. The Morgan fingerprint density at radius 2 is 1.95 bits per heavy atom. The number of nitrogens with one attached hydrogen (secondary N) is 1. The number of amides is 1. The molecule has 0 fully saturated rings. The van der Waals surface area contributed by atoms with Gasteiger partial charge in [-0.2, -0.15) is 0 Å². The molecule has 0 aromatic heterocycles. The van der Waals surface area contributed by atoms with Crippen LogP contribution in [0.25, 0.3) is 0 Å². The van der Waals surface area contributed by atoms with E-state index >= 15 is 0 Å². The van der Waals surface area contributed by atoms with Gasteiger partial charge in [0.05, 0.1) is 6.61 Å². The molecule has 0 aliphatic heterocycles. The minimum Gasteiger partial charge on any atom is -0.493 e. The highest BCUT2D eigenvalue weighted by Gasteiger charge is 2.03. The average Bonchev–Trinajstić information content (AvgIpc) is 2.51. The smallest absolute Gasteiger partial charge is 0.265 e. The number of carbonyl (C=O) groups excluding carboxylic acids is 1. The van der Waals surface area contributed by atoms with Gasteiger partial charge in [-0.05, 0) is 42.5 Å². The standard InChI is InChI=1S/C15H17N3O2S/c16-12-2-1-3-14(10-12)21-9-8-20-13-6-4-11(5-7-13)15(19)18-17/h1-7,10H,8-9,16-17H2,(H,18,19). The molecule has 0 saturated carbocycles. The van der Waals surface area contributed by atoms with Gasteiger partial charge in [0.2, 0.25) is 0 Å². The normalized spacial score (nSPS) is 10.1. The molecule has 1 amide bonds. The summed E-state index contributed by atoms with van der Waals surface area (Å²) < 4.78 is 5.61. The molecular weight excluding hydrogens is 286 g/mol. The van der Waals surface area contributed by atoms with E-state index in [0.29, 0.717) is 12.2 Å². The molecule has 2 rings (SSSR count). The Labute approximate surface area is 127 Å². The van der Waals surface area contributed by atoms with Crippen molar-refractivity contribution < 1.29 is 9.53 Å². The van der Waals surface area contributed by atoms with Crippen LogP contribution in [0.15, 0.2) is 53.4 Å². The number of nitrogen functional groups attached to an aromatic ring is 2. The van der Waals surface area contributed by atoms with Gasteiger partial charge in [0.15, 0.2) is 0 Å². The van der Waals surface area contributed by atoms with E-state index < -0.39 is 0 Å². The predicted molar refractivity (Wildman–Crippen MR) is 85.2 cm³/mol. The zero-order valence-corrected chi connectivity index (χ0v) is 12.2. The van der Waals surface area contributed by atoms with E-state index in [1.165, 1.54) is 0 Å². The summed E-state index contributed by atoms with van der Waals surface area (Å²) in [4.78, 5) is 12.4. The highest BCUT2D eigenvalue weighted by molar-refractivity contribution is 7.99. The molecule has 0 saturated heterocycles. The van der Waals surface area contributed by atoms with Crippen molar-refractivity contribution in [3.8, 4) is 5.75 Å². The summed E-state index contributed by atoms with van der Waals surface area (Å²) in [5.74, 6) is 6.28. The number of ether oxygens (including phenoxy) is 1. The van der Waals surface area contributed by atoms with Crippen molar-refractivity contribution in [1.29, 1.82) is 0 Å². The fourth-order valence-electron chi connectivity index (χ4n) is 1.71. The van der Waals surface area contributed by atoms with Crippen molar-refractivity contribution in [1.82, 2.24) is 5.43 Å². The molecule has 0 radical (unpaired) electrons. The lowest BCUT2D eigenvalue weighted by Crippen LogP contribution is -2.29. The second-order valence-corrected chi connectivity index (χ2v) is 5.44. The van der Waals surface area contributed by atoms with E-state index in [2.05, 4.69) is 5.43 Å². The van der Waals surface area contributed by atoms with Crippen LogP contribution >= 0.6 is 11.8 Å². The molecule has 0 bridgehead atoms. The molecule has 0 aliphatic carbocycles. The molecule has 0 aliphatic rings. The topological polar surface area (TPSA) is 90.4 Å². The van der Waals surface area contributed by atoms with Crippen LogP contribution in [-0.2, 0) is 0 Å². The number of anilines is 1. The zero-order chi connectivity index (χ0) is 15.1. The number of rotatable bonds is 6. The maximum atomic E-state index is 11.3. The van der Waals surface area contributed by atoms with Crippen LogP contribution in [-0.4, -0.2) is 18.3 Å². The number of hydrogen-bond acceptors (Lipinski definition) is 5. The van der Waals surface area contributed by atoms with Gasteiger partial charge in [0.25, 0.3) is 5.91 Å². The number of carbonyl (C=O) groups is 1. The van der Waals surface area contributed by atoms with Gasteiger partial charge < -0.3 is 10.5 Å². The van der Waals surface area contributed by atoms with E-state index in [0.717, 1.165) is 22.1 Å². The number of nitrogens with two attached hydrogens (primary N) is 2. The minimum absolute atomic E-state index is 0.321. The molecule has 6 heteroatoms. The van der Waals surface area contributed by atoms with Crippen LogP contribution in [0.3, 0.4) is 0 Å². The molecular formula is C15H17N3O2S. The maximum absolute atomic E-state index is 11.3. The van der Waals surface area contributed by atoms with Gasteiger partial charge in [-0.25, -0.2) is 5.84 Å². The van der Waals surface area contributed by atoms with Crippen LogP contribution < -0.4 is 21.7 Å². The summed E-state index contributed by atoms with van der Waals surface area (Å²) >= 11 is 1.68. The Morgan fingerprint density at radius 1 is 1.19 bits per heavy atom. The van der Waals surface area contributed by atoms with Crippen molar-refractivity contribution >= 4 is 23.4 Å². The number of hydrazine groups is 1. The van der Waals surface area contributed by atoms with Crippen molar-refractivity contribution in [3.63, 3.8) is 0 Å². The van der Waals surface area contributed by atoms with E-state index in [9.17, 15) is 4.79 Å². The second kappa shape index (κ2) is 7.56. The monoisotopic (exact) mass is 303 g/mol. The minimum atomic E-state index is -0.321. The molecule has 0 spiro atoms. The maximum Gasteiger partial charge on any atom is 0.265 e. The molecule has 0 atom stereocenters. The average molecular weight is 303 g/mol. The summed E-state index contributed by atoms with van der Waals surface area (Å²) in [6.45, 7) is 0.571. The van der Waals surface area contributed by atoms with Gasteiger partial charge in [-0.1, -0.05) is 6.07 Å². The molecule has 110 valence electrons. The highest BCUT2D eigenvalue weighted by Crippen LogP contribution is 2.20. The third-order valence-corrected chi connectivity index (χ3v) is 3.68. The van der Waals surface area contributed by atoms with E-state index in [1.54, 1.807) is 36.0 Å². The predicted octanol–water partition coefficient (Wildman–Crippen LogP) is 2.04. The largest absolute Gasteiger partial charge is 0.493 e. The SMILES string of the molecule is NNC(=O)c1ccc(OCCSc2cccc(N)c2)cc1. The van der Waals surface area contributed by atoms with Crippen LogP contribution in [0.1, 0.15) is 10.4 Å². The van der Waals surface area contributed by atoms with Gasteiger partial charge >= 0.3 is 0 Å². The number of thioether (sulfide) groups is 1. The summed E-state index contributed by atoms with van der Waals surface area (Å²) in [7, 11) is 0. The van der Waals surface area contributed by atoms with E-state index in [-0.39, 0.29) is 5.91 Å². The third kappa shape index (κ3) is 4.70. The molecule has 0 unspecified atom stereocenters. The summed E-state index contributed by atoms with van der Waals surface area (Å²) in [5, 5.41) is 0. The quantitative estimate of drug-likeness (QED) is 0.190. The Morgan fingerprint density at radius 3 is 2.62 bits per heavy atom. The molecule has 2 aromatic carbocycles. The second-order valence-electron chi connectivity index (χ2n) is 4.27. The van der Waals surface area contributed by atoms with Crippen molar-refractivity contribution in [3.05, 3.63) is 54.1 Å². The fourth-order valence-corrected chi connectivity index (χ4v) is 2.51. The van der Waals surface area contributed by atoms with Crippen molar-refractivity contribution in [2.45, 2.75) is 4.90 Å². The Bertz CT molecular complexity index is 602. The lowest BCUT2D eigenvalue weighted by atomic mass is 10.2. The fraction of sp³-hybridized carbons (Fsp3) is 0.133. The number of benzene rings is 2. The molecule has 5 nitrogen and oxygen atoms in total. The first-order chi connectivity index (χ1) is 10.2. The lowest BCUT2D eigenvalue weighted by molar-refractivity contribution is 0.0953. The van der Waals surface area contributed by atoms with Crippen LogP contribution in [0, 0.1) is 0 Å². The highest BCUT2D eigenvalue weighted by atomic mass is 32.2. The molecule has 0 heterocycles. The Balaban J connectivity index is 1.77. The molecule has 2 aromatic rings. The van der Waals surface area contributed by atoms with Crippen molar-refractivity contribution in [2.24, 2.45) is 5.84 Å². The van der Waals surface area contributed by atoms with Crippen LogP contribution in [0.5, 0.6) is 5.75 Å². The Kier molecular flexibility index (Phi) is 5.48. The van der Waals surface area contributed by atoms with Gasteiger partial charge in [-0.3, -0.25) is 10.2 Å². The van der Waals surface area contributed by atoms with Crippen LogP contribution in [0.4, 0.5) is 5.69 Å². The summed E-state index contributed by atoms with van der Waals surface area (Å²) in [6.07, 6.45) is 0. The van der Waals surface area contributed by atoms with E-state index in [1.807, 2.05) is 24.3 Å². The molecule has 21 heavy (non-hydrogen) atoms. The first-order valence-electron chi connectivity index (χ1n) is 6.41. The molecule has 5 N–H and O–H groups in total. The van der Waals surface area contributed by atoms with E-state index in [4.69, 9.17) is 16.3 Å². The van der Waals surface area contributed by atoms with Gasteiger partial charge in [0.1, 0.15) is 5.75 Å². The summed E-state index contributed by atoms with van der Waals surface area (Å²) in [5.41, 5.74) is 9.06. The van der Waals surface area contributed by atoms with Crippen molar-refractivity contribution in [2.75, 3.05) is 18.1 Å². The Hall–Kier alpha value is -2.18. The number of hydrogen-bond donors (Lipinski definition) is 3. The zero-order valence-electron chi connectivity index (χ0n) is 11.4. The third-order valence-electron chi connectivity index (χ3n) is 2.73. The van der Waals surface area contributed by atoms with Gasteiger partial charge in [-0.15, -0.1) is 11.8 Å².